The van der Waals surface area contributed by atoms with Crippen LogP contribution >= 0.6 is 22.7 Å². The van der Waals surface area contributed by atoms with Gasteiger partial charge in [-0.2, -0.15) is 0 Å². The van der Waals surface area contributed by atoms with Gasteiger partial charge >= 0.3 is 0 Å². The van der Waals surface area contributed by atoms with Gasteiger partial charge in [0.1, 0.15) is 17.4 Å². The van der Waals surface area contributed by atoms with Gasteiger partial charge in [0.25, 0.3) is 5.91 Å². The number of thiophene rings is 1. The molecule has 0 aliphatic carbocycles. The summed E-state index contributed by atoms with van der Waals surface area (Å²) < 4.78 is 5.73. The Bertz CT molecular complexity index is 800. The van der Waals surface area contributed by atoms with Crippen LogP contribution in [0.2, 0.25) is 0 Å². The average molecular weight is 359 g/mol. The van der Waals surface area contributed by atoms with Crippen LogP contribution in [0.25, 0.3) is 0 Å². The molecule has 2 aromatic heterocycles. The lowest BCUT2D eigenvalue weighted by Crippen LogP contribution is -2.11. The van der Waals surface area contributed by atoms with Crippen LogP contribution in [-0.2, 0) is 13.0 Å². The van der Waals surface area contributed by atoms with Gasteiger partial charge in [-0.25, -0.2) is 0 Å². The van der Waals surface area contributed by atoms with Crippen molar-refractivity contribution in [1.82, 2.24) is 10.2 Å². The second kappa shape index (κ2) is 8.03. The Balaban J connectivity index is 1.62. The highest BCUT2D eigenvalue weighted by molar-refractivity contribution is 7.15. The molecule has 1 amide bonds. The Hall–Kier alpha value is -2.25. The van der Waals surface area contributed by atoms with E-state index in [9.17, 15) is 4.79 Å². The summed E-state index contributed by atoms with van der Waals surface area (Å²) in [5.41, 5.74) is 0.533. The van der Waals surface area contributed by atoms with Crippen molar-refractivity contribution in [3.8, 4) is 5.75 Å². The van der Waals surface area contributed by atoms with E-state index in [4.69, 9.17) is 4.74 Å². The standard InChI is InChI=1S/C17H17N3O2S2/c1-2-5-15-19-20-17(24-15)18-16(21)12-6-3-7-13(10-12)22-11-14-8-4-9-23-14/h3-4,6-10H,2,5,11H2,1H3,(H,18,20,21). The van der Waals surface area contributed by atoms with Gasteiger partial charge < -0.3 is 4.74 Å². The number of ether oxygens (including phenoxy) is 1. The first-order valence-electron chi connectivity index (χ1n) is 7.63. The zero-order valence-electron chi connectivity index (χ0n) is 13.2. The molecule has 0 bridgehead atoms. The molecule has 0 saturated carbocycles. The van der Waals surface area contributed by atoms with Gasteiger partial charge in [-0.3, -0.25) is 10.1 Å². The summed E-state index contributed by atoms with van der Waals surface area (Å²) in [7, 11) is 0. The molecule has 0 unspecified atom stereocenters. The molecule has 1 aromatic carbocycles. The molecule has 0 aliphatic rings. The van der Waals surface area contributed by atoms with Crippen molar-refractivity contribution in [3.63, 3.8) is 0 Å². The third-order valence-corrected chi connectivity index (χ3v) is 4.96. The predicted octanol–water partition coefficient (Wildman–Crippen LogP) is 4.38. The van der Waals surface area contributed by atoms with Crippen LogP contribution < -0.4 is 10.1 Å². The van der Waals surface area contributed by atoms with Gasteiger partial charge in [0, 0.05) is 16.9 Å². The fourth-order valence-corrected chi connectivity index (χ4v) is 3.52. The first kappa shape index (κ1) is 16.6. The fourth-order valence-electron chi connectivity index (χ4n) is 2.06. The van der Waals surface area contributed by atoms with E-state index in [0.717, 1.165) is 22.7 Å². The number of anilines is 1. The number of carbonyl (C=O) groups excluding carboxylic acids is 1. The number of rotatable bonds is 7. The minimum atomic E-state index is -0.212. The quantitative estimate of drug-likeness (QED) is 0.680. The van der Waals surface area contributed by atoms with Crippen LogP contribution in [0.5, 0.6) is 5.75 Å². The van der Waals surface area contributed by atoms with Crippen LogP contribution in [0.4, 0.5) is 5.13 Å². The van der Waals surface area contributed by atoms with Crippen molar-refractivity contribution in [1.29, 1.82) is 0 Å². The lowest BCUT2D eigenvalue weighted by Gasteiger charge is -2.07. The minimum Gasteiger partial charge on any atom is -0.488 e. The molecule has 5 nitrogen and oxygen atoms in total. The second-order valence-corrected chi connectivity index (χ2v) is 7.20. The normalized spacial score (nSPS) is 10.5. The van der Waals surface area contributed by atoms with Crippen molar-refractivity contribution in [2.75, 3.05) is 5.32 Å². The van der Waals surface area contributed by atoms with Gasteiger partial charge in [0.2, 0.25) is 5.13 Å². The van der Waals surface area contributed by atoms with Crippen molar-refractivity contribution in [2.24, 2.45) is 0 Å². The maximum atomic E-state index is 12.3. The van der Waals surface area contributed by atoms with Gasteiger partial charge in [0.15, 0.2) is 0 Å². The first-order valence-corrected chi connectivity index (χ1v) is 9.33. The topological polar surface area (TPSA) is 64.1 Å². The van der Waals surface area contributed by atoms with Crippen LogP contribution in [-0.4, -0.2) is 16.1 Å². The third-order valence-electron chi connectivity index (χ3n) is 3.21. The molecule has 3 aromatic rings. The Labute approximate surface area is 148 Å². The highest BCUT2D eigenvalue weighted by atomic mass is 32.1. The summed E-state index contributed by atoms with van der Waals surface area (Å²) in [6.45, 7) is 2.58. The van der Waals surface area contributed by atoms with E-state index in [2.05, 4.69) is 22.4 Å². The van der Waals surface area contributed by atoms with E-state index in [0.29, 0.717) is 23.1 Å². The van der Waals surface area contributed by atoms with E-state index in [1.54, 1.807) is 29.5 Å². The number of nitrogens with one attached hydrogen (secondary N) is 1. The number of aryl methyl sites for hydroxylation is 1. The van der Waals surface area contributed by atoms with Gasteiger partial charge in [-0.05, 0) is 36.1 Å². The molecule has 2 heterocycles. The van der Waals surface area contributed by atoms with Gasteiger partial charge in [0.05, 0.1) is 0 Å². The number of amides is 1. The number of hydrogen-bond acceptors (Lipinski definition) is 6. The van der Waals surface area contributed by atoms with E-state index < -0.39 is 0 Å². The van der Waals surface area contributed by atoms with Crippen LogP contribution in [0.1, 0.15) is 33.6 Å². The molecule has 0 atom stereocenters. The van der Waals surface area contributed by atoms with Crippen molar-refractivity contribution in [2.45, 2.75) is 26.4 Å². The molecular formula is C17H17N3O2S2. The smallest absolute Gasteiger partial charge is 0.257 e. The van der Waals surface area contributed by atoms with Crippen LogP contribution in [0.15, 0.2) is 41.8 Å². The number of nitrogens with zero attached hydrogens (tertiary/aromatic N) is 2. The number of aromatic nitrogens is 2. The highest BCUT2D eigenvalue weighted by Gasteiger charge is 2.11. The predicted molar refractivity (Wildman–Crippen MR) is 97.0 cm³/mol. The highest BCUT2D eigenvalue weighted by Crippen LogP contribution is 2.20. The van der Waals surface area contributed by atoms with Crippen LogP contribution in [0.3, 0.4) is 0 Å². The summed E-state index contributed by atoms with van der Waals surface area (Å²) in [6, 6.07) is 11.1. The maximum Gasteiger partial charge on any atom is 0.257 e. The molecule has 124 valence electrons. The lowest BCUT2D eigenvalue weighted by atomic mass is 10.2. The van der Waals surface area contributed by atoms with E-state index in [-0.39, 0.29) is 5.91 Å². The summed E-state index contributed by atoms with van der Waals surface area (Å²) in [5, 5.41) is 14.3. The molecule has 0 radical (unpaired) electrons. The third kappa shape index (κ3) is 4.39. The number of benzene rings is 1. The molecule has 24 heavy (non-hydrogen) atoms. The van der Waals surface area contributed by atoms with E-state index >= 15 is 0 Å². The van der Waals surface area contributed by atoms with Crippen molar-refractivity contribution < 1.29 is 9.53 Å². The number of hydrogen-bond donors (Lipinski definition) is 1. The summed E-state index contributed by atoms with van der Waals surface area (Å²) in [5.74, 6) is 0.454. The minimum absolute atomic E-state index is 0.212. The Morgan fingerprint density at radius 1 is 1.25 bits per heavy atom. The molecule has 0 aliphatic heterocycles. The molecule has 1 N–H and O–H groups in total. The Kier molecular flexibility index (Phi) is 5.55. The first-order chi connectivity index (χ1) is 11.7. The Morgan fingerprint density at radius 2 is 2.17 bits per heavy atom. The Morgan fingerprint density at radius 3 is 2.96 bits per heavy atom. The van der Waals surface area contributed by atoms with Gasteiger partial charge in [-0.1, -0.05) is 30.4 Å². The summed E-state index contributed by atoms with van der Waals surface area (Å²) in [4.78, 5) is 13.5. The lowest BCUT2D eigenvalue weighted by molar-refractivity contribution is 0.102. The second-order valence-electron chi connectivity index (χ2n) is 5.10. The summed E-state index contributed by atoms with van der Waals surface area (Å²) >= 11 is 3.05. The van der Waals surface area contributed by atoms with E-state index in [1.165, 1.54) is 11.3 Å². The average Bonchev–Trinajstić information content (AvgIpc) is 3.26. The van der Waals surface area contributed by atoms with Gasteiger partial charge in [-0.15, -0.1) is 21.5 Å². The molecule has 0 fully saturated rings. The molecule has 3 rings (SSSR count). The van der Waals surface area contributed by atoms with Crippen LogP contribution in [0, 0.1) is 0 Å². The fraction of sp³-hybridized carbons (Fsp3) is 0.235. The van der Waals surface area contributed by atoms with Crippen molar-refractivity contribution in [3.05, 3.63) is 57.2 Å². The number of carbonyl (C=O) groups is 1. The molecule has 7 heteroatoms. The zero-order chi connectivity index (χ0) is 16.8. The molecule has 0 saturated heterocycles. The largest absolute Gasteiger partial charge is 0.488 e. The maximum absolute atomic E-state index is 12.3. The SMILES string of the molecule is CCCc1nnc(NC(=O)c2cccc(OCc3cccs3)c2)s1. The monoisotopic (exact) mass is 359 g/mol. The molecule has 0 spiro atoms. The summed E-state index contributed by atoms with van der Waals surface area (Å²) in [6.07, 6.45) is 1.88. The molecular weight excluding hydrogens is 342 g/mol. The zero-order valence-corrected chi connectivity index (χ0v) is 14.8. The van der Waals surface area contributed by atoms with Crippen molar-refractivity contribution >= 4 is 33.7 Å². The van der Waals surface area contributed by atoms with E-state index in [1.807, 2.05) is 23.6 Å².